The molecule has 2 aromatic heterocycles. The van der Waals surface area contributed by atoms with E-state index in [1.165, 1.54) is 23.1 Å². The van der Waals surface area contributed by atoms with Crippen LogP contribution in [0, 0.1) is 0 Å². The third-order valence-corrected chi connectivity index (χ3v) is 6.79. The number of ether oxygens (including phenoxy) is 1. The lowest BCUT2D eigenvalue weighted by Crippen LogP contribution is -2.19. The zero-order valence-corrected chi connectivity index (χ0v) is 20.2. The minimum absolute atomic E-state index is 0.147. The van der Waals surface area contributed by atoms with Crippen LogP contribution in [0.25, 0.3) is 17.1 Å². The van der Waals surface area contributed by atoms with Crippen molar-refractivity contribution < 1.29 is 9.53 Å². The number of hydrogen-bond acceptors (Lipinski definition) is 7. The molecule has 0 saturated carbocycles. The fourth-order valence-electron chi connectivity index (χ4n) is 2.83. The van der Waals surface area contributed by atoms with Crippen LogP contribution in [-0.2, 0) is 4.79 Å². The quantitative estimate of drug-likeness (QED) is 0.198. The Morgan fingerprint density at radius 3 is 2.62 bits per heavy atom. The molecule has 0 fully saturated rings. The van der Waals surface area contributed by atoms with Crippen molar-refractivity contribution in [3.8, 4) is 22.8 Å². The molecule has 1 amide bonds. The van der Waals surface area contributed by atoms with Gasteiger partial charge in [-0.25, -0.2) is 5.43 Å². The molecule has 0 saturated heterocycles. The van der Waals surface area contributed by atoms with E-state index in [0.717, 1.165) is 25.7 Å². The summed E-state index contributed by atoms with van der Waals surface area (Å²) in [6, 6.07) is 21.3. The topological polar surface area (TPSA) is 81.4 Å². The molecule has 0 atom stereocenters. The third kappa shape index (κ3) is 5.45. The molecule has 162 valence electrons. The van der Waals surface area contributed by atoms with Gasteiger partial charge in [0.05, 0.1) is 22.9 Å². The van der Waals surface area contributed by atoms with E-state index >= 15 is 0 Å². The highest BCUT2D eigenvalue weighted by Crippen LogP contribution is 2.28. The van der Waals surface area contributed by atoms with Gasteiger partial charge in [0, 0.05) is 16.1 Å². The van der Waals surface area contributed by atoms with Gasteiger partial charge >= 0.3 is 0 Å². The van der Waals surface area contributed by atoms with E-state index in [9.17, 15) is 4.79 Å². The number of rotatable bonds is 8. The molecule has 32 heavy (non-hydrogen) atoms. The largest absolute Gasteiger partial charge is 0.497 e. The van der Waals surface area contributed by atoms with Crippen LogP contribution in [0.1, 0.15) is 4.88 Å². The van der Waals surface area contributed by atoms with E-state index in [2.05, 4.69) is 36.7 Å². The molecular weight excluding hydrogens is 510 g/mol. The molecule has 0 unspecified atom stereocenters. The van der Waals surface area contributed by atoms with Gasteiger partial charge in [0.25, 0.3) is 5.91 Å². The third-order valence-electron chi connectivity index (χ3n) is 4.30. The maximum Gasteiger partial charge on any atom is 0.250 e. The van der Waals surface area contributed by atoms with Crippen molar-refractivity contribution in [2.75, 3.05) is 12.9 Å². The van der Waals surface area contributed by atoms with Gasteiger partial charge in [-0.2, -0.15) is 5.10 Å². The Morgan fingerprint density at radius 1 is 1.16 bits per heavy atom. The zero-order chi connectivity index (χ0) is 22.3. The molecule has 1 N–H and O–H groups in total. The Morgan fingerprint density at radius 2 is 1.94 bits per heavy atom. The monoisotopic (exact) mass is 527 g/mol. The van der Waals surface area contributed by atoms with Gasteiger partial charge in [-0.1, -0.05) is 42.1 Å². The van der Waals surface area contributed by atoms with Crippen molar-refractivity contribution in [2.45, 2.75) is 5.16 Å². The summed E-state index contributed by atoms with van der Waals surface area (Å²) in [5.41, 5.74) is 4.35. The number of amides is 1. The molecule has 2 heterocycles. The van der Waals surface area contributed by atoms with E-state index in [1.54, 1.807) is 13.3 Å². The summed E-state index contributed by atoms with van der Waals surface area (Å²) < 4.78 is 8.20. The normalized spacial score (nSPS) is 11.1. The van der Waals surface area contributed by atoms with Crippen LogP contribution in [0.5, 0.6) is 5.75 Å². The van der Waals surface area contributed by atoms with Gasteiger partial charge in [-0.05, 0) is 52.3 Å². The SMILES string of the molecule is COc1ccc(-n2c(SCC(=O)N/N=C/c3ccc(Br)s3)nnc2-c2ccccc2)cc1. The highest BCUT2D eigenvalue weighted by molar-refractivity contribution is 9.11. The Labute approximate surface area is 201 Å². The number of benzene rings is 2. The van der Waals surface area contributed by atoms with Gasteiger partial charge in [0.15, 0.2) is 11.0 Å². The molecule has 0 aliphatic heterocycles. The number of nitrogens with zero attached hydrogens (tertiary/aromatic N) is 4. The Hall–Kier alpha value is -2.95. The number of thioether (sulfide) groups is 1. The first-order valence-electron chi connectivity index (χ1n) is 9.49. The predicted octanol–water partition coefficient (Wildman–Crippen LogP) is 5.01. The predicted molar refractivity (Wildman–Crippen MR) is 132 cm³/mol. The number of halogens is 1. The van der Waals surface area contributed by atoms with E-state index in [-0.39, 0.29) is 11.7 Å². The molecule has 7 nitrogen and oxygen atoms in total. The summed E-state index contributed by atoms with van der Waals surface area (Å²) in [4.78, 5) is 13.2. The second-order valence-electron chi connectivity index (χ2n) is 6.43. The molecule has 2 aromatic carbocycles. The summed E-state index contributed by atoms with van der Waals surface area (Å²) in [5, 5.41) is 13.3. The van der Waals surface area contributed by atoms with Gasteiger partial charge in [0.1, 0.15) is 5.75 Å². The molecule has 0 aliphatic carbocycles. The van der Waals surface area contributed by atoms with E-state index in [4.69, 9.17) is 4.74 Å². The second kappa shape index (κ2) is 10.6. The maximum atomic E-state index is 12.3. The van der Waals surface area contributed by atoms with Gasteiger partial charge in [-0.15, -0.1) is 21.5 Å². The maximum absolute atomic E-state index is 12.3. The smallest absolute Gasteiger partial charge is 0.250 e. The molecule has 0 bridgehead atoms. The summed E-state index contributed by atoms with van der Waals surface area (Å²) >= 11 is 6.23. The lowest BCUT2D eigenvalue weighted by Gasteiger charge is -2.11. The zero-order valence-electron chi connectivity index (χ0n) is 16.9. The van der Waals surface area contributed by atoms with E-state index in [1.807, 2.05) is 71.3 Å². The number of carbonyl (C=O) groups is 1. The summed E-state index contributed by atoms with van der Waals surface area (Å²) in [6.45, 7) is 0. The van der Waals surface area contributed by atoms with Crippen molar-refractivity contribution in [3.63, 3.8) is 0 Å². The van der Waals surface area contributed by atoms with Crippen LogP contribution in [-0.4, -0.2) is 39.7 Å². The molecule has 0 aliphatic rings. The van der Waals surface area contributed by atoms with Crippen LogP contribution >= 0.6 is 39.0 Å². The van der Waals surface area contributed by atoms with Crippen LogP contribution in [0.15, 0.2) is 80.8 Å². The van der Waals surface area contributed by atoms with E-state index in [0.29, 0.717) is 11.0 Å². The van der Waals surface area contributed by atoms with E-state index < -0.39 is 0 Å². The number of thiophene rings is 1. The Bertz CT molecular complexity index is 1220. The Balaban J connectivity index is 1.52. The molecular formula is C22H18BrN5O2S2. The lowest BCUT2D eigenvalue weighted by molar-refractivity contribution is -0.118. The number of nitrogens with one attached hydrogen (secondary N) is 1. The minimum Gasteiger partial charge on any atom is -0.497 e. The van der Waals surface area contributed by atoms with Gasteiger partial charge in [0.2, 0.25) is 0 Å². The lowest BCUT2D eigenvalue weighted by atomic mass is 10.2. The highest BCUT2D eigenvalue weighted by Gasteiger charge is 2.17. The van der Waals surface area contributed by atoms with Crippen LogP contribution < -0.4 is 10.2 Å². The summed E-state index contributed by atoms with van der Waals surface area (Å²) in [6.07, 6.45) is 1.62. The number of carbonyl (C=O) groups excluding carboxylic acids is 1. The average molecular weight is 528 g/mol. The summed E-state index contributed by atoms with van der Waals surface area (Å²) in [7, 11) is 1.63. The number of aromatic nitrogens is 3. The fraction of sp³-hybridized carbons (Fsp3) is 0.0909. The highest BCUT2D eigenvalue weighted by atomic mass is 79.9. The van der Waals surface area contributed by atoms with Crippen molar-refractivity contribution in [1.82, 2.24) is 20.2 Å². The van der Waals surface area contributed by atoms with Crippen molar-refractivity contribution >= 4 is 51.2 Å². The minimum atomic E-state index is -0.229. The van der Waals surface area contributed by atoms with Gasteiger partial charge < -0.3 is 4.74 Å². The molecule has 4 rings (SSSR count). The van der Waals surface area contributed by atoms with Crippen LogP contribution in [0.2, 0.25) is 0 Å². The first-order chi connectivity index (χ1) is 15.6. The number of hydrogen-bond donors (Lipinski definition) is 1. The molecule has 10 heteroatoms. The molecule has 4 aromatic rings. The number of hydrazone groups is 1. The first kappa shape index (κ1) is 22.3. The Kier molecular flexibility index (Phi) is 7.35. The summed E-state index contributed by atoms with van der Waals surface area (Å²) in [5.74, 6) is 1.37. The van der Waals surface area contributed by atoms with Crippen molar-refractivity contribution in [2.24, 2.45) is 5.10 Å². The van der Waals surface area contributed by atoms with Crippen molar-refractivity contribution in [3.05, 3.63) is 75.4 Å². The average Bonchev–Trinajstić information content (AvgIpc) is 3.44. The second-order valence-corrected chi connectivity index (χ2v) is 9.87. The standard InChI is InChI=1S/C22H18BrN5O2S2/c1-30-17-9-7-16(8-10-17)28-21(15-5-3-2-4-6-15)26-27-22(28)31-14-20(29)25-24-13-18-11-12-19(23)32-18/h2-13H,14H2,1H3,(H,25,29)/b24-13+. The first-order valence-corrected chi connectivity index (χ1v) is 12.1. The fourth-order valence-corrected chi connectivity index (χ4v) is 4.87. The van der Waals surface area contributed by atoms with Gasteiger partial charge in [-0.3, -0.25) is 9.36 Å². The molecule has 0 spiro atoms. The van der Waals surface area contributed by atoms with Crippen molar-refractivity contribution in [1.29, 1.82) is 0 Å². The number of methoxy groups -OCH3 is 1. The molecule has 0 radical (unpaired) electrons. The van der Waals surface area contributed by atoms with Crippen LogP contribution in [0.4, 0.5) is 0 Å². The van der Waals surface area contributed by atoms with Crippen LogP contribution in [0.3, 0.4) is 0 Å².